The molecule has 1 aromatic carbocycles. The molecule has 0 unspecified atom stereocenters. The van der Waals surface area contributed by atoms with Crippen molar-refractivity contribution in [2.45, 2.75) is 18.5 Å². The third kappa shape index (κ3) is 5.15. The number of nitrogens with one attached hydrogen (secondary N) is 1. The number of carbonyl (C=O) groups is 2. The van der Waals surface area contributed by atoms with Crippen LogP contribution >= 0.6 is 0 Å². The van der Waals surface area contributed by atoms with Gasteiger partial charge in [0.15, 0.2) is 11.6 Å². The van der Waals surface area contributed by atoms with Crippen molar-refractivity contribution in [3.05, 3.63) is 52.9 Å². The van der Waals surface area contributed by atoms with Crippen LogP contribution in [0.15, 0.2) is 41.8 Å². The van der Waals surface area contributed by atoms with Gasteiger partial charge in [0, 0.05) is 37.1 Å². The lowest BCUT2D eigenvalue weighted by atomic mass is 9.93. The average molecular weight is 403 g/mol. The van der Waals surface area contributed by atoms with Gasteiger partial charge in [-0.05, 0) is 12.1 Å². The van der Waals surface area contributed by atoms with Gasteiger partial charge in [-0.15, -0.1) is 0 Å². The van der Waals surface area contributed by atoms with Crippen LogP contribution in [-0.4, -0.2) is 58.5 Å². The van der Waals surface area contributed by atoms with Crippen LogP contribution in [-0.2, 0) is 4.79 Å². The van der Waals surface area contributed by atoms with Gasteiger partial charge in [-0.1, -0.05) is 17.3 Å². The molecule has 10 heteroatoms. The lowest BCUT2D eigenvalue weighted by Crippen LogP contribution is -2.48. The van der Waals surface area contributed by atoms with Crippen LogP contribution in [0.25, 0.3) is 11.4 Å². The fraction of sp³-hybridized carbons (Fsp3) is 0.368. The molecule has 152 valence electrons. The first-order chi connectivity index (χ1) is 13.9. The molecular weight excluding hydrogens is 384 g/mol. The Hall–Kier alpha value is -3.30. The van der Waals surface area contributed by atoms with Gasteiger partial charge in [0.2, 0.25) is 5.91 Å². The average Bonchev–Trinajstić information content (AvgIpc) is 2.73. The fourth-order valence-corrected chi connectivity index (χ4v) is 3.03. The van der Waals surface area contributed by atoms with E-state index in [0.29, 0.717) is 17.0 Å². The van der Waals surface area contributed by atoms with E-state index in [1.54, 1.807) is 24.3 Å². The minimum absolute atomic E-state index is 0.0470. The molecule has 8 nitrogen and oxygen atoms in total. The third-order valence-corrected chi connectivity index (χ3v) is 4.79. The standard InChI is InChI=1S/C19H19F2N5O3/c20-15-9-22-17(23-10-15)13-1-3-14(4-2-13)18(28)24-11-16(27)26-7-5-19(21,6-8-26)12-25-29/h1-4,9-10H,5-8,11-12H2,(H,24,28). The van der Waals surface area contributed by atoms with Gasteiger partial charge in [-0.2, -0.15) is 4.91 Å². The molecule has 1 aliphatic rings. The van der Waals surface area contributed by atoms with Gasteiger partial charge in [0.25, 0.3) is 5.91 Å². The van der Waals surface area contributed by atoms with E-state index in [2.05, 4.69) is 20.5 Å². The van der Waals surface area contributed by atoms with Crippen molar-refractivity contribution >= 4 is 11.8 Å². The summed E-state index contributed by atoms with van der Waals surface area (Å²) in [5, 5.41) is 5.15. The van der Waals surface area contributed by atoms with Gasteiger partial charge in [0.1, 0.15) is 12.2 Å². The molecule has 0 radical (unpaired) electrons. The largest absolute Gasteiger partial charge is 0.343 e. The Kier molecular flexibility index (Phi) is 6.20. The summed E-state index contributed by atoms with van der Waals surface area (Å²) in [7, 11) is 0. The monoisotopic (exact) mass is 403 g/mol. The molecule has 0 spiro atoms. The van der Waals surface area contributed by atoms with Crippen LogP contribution < -0.4 is 5.32 Å². The molecule has 1 aliphatic heterocycles. The second-order valence-corrected chi connectivity index (χ2v) is 6.80. The molecule has 3 rings (SSSR count). The summed E-state index contributed by atoms with van der Waals surface area (Å²) in [6.07, 6.45) is 2.20. The topological polar surface area (TPSA) is 105 Å². The molecular formula is C19H19F2N5O3. The van der Waals surface area contributed by atoms with E-state index in [0.717, 1.165) is 12.4 Å². The number of likely N-dealkylation sites (tertiary alicyclic amines) is 1. The summed E-state index contributed by atoms with van der Waals surface area (Å²) in [6.45, 7) is -0.280. The fourth-order valence-electron chi connectivity index (χ4n) is 3.03. The summed E-state index contributed by atoms with van der Waals surface area (Å²) in [4.78, 5) is 43.9. The number of aromatic nitrogens is 2. The van der Waals surface area contributed by atoms with Gasteiger partial charge < -0.3 is 10.2 Å². The zero-order valence-corrected chi connectivity index (χ0v) is 15.5. The molecule has 0 atom stereocenters. The van der Waals surface area contributed by atoms with E-state index in [4.69, 9.17) is 0 Å². The molecule has 1 N–H and O–H groups in total. The molecule has 2 amide bonds. The highest BCUT2D eigenvalue weighted by molar-refractivity contribution is 5.96. The van der Waals surface area contributed by atoms with Crippen LogP contribution in [0.4, 0.5) is 8.78 Å². The Bertz CT molecular complexity index is 882. The first kappa shape index (κ1) is 20.4. The lowest BCUT2D eigenvalue weighted by molar-refractivity contribution is -0.132. The number of halogens is 2. The highest BCUT2D eigenvalue weighted by Gasteiger charge is 2.36. The van der Waals surface area contributed by atoms with Crippen molar-refractivity contribution in [3.63, 3.8) is 0 Å². The molecule has 0 bridgehead atoms. The first-order valence-electron chi connectivity index (χ1n) is 9.02. The Morgan fingerprint density at radius 3 is 2.34 bits per heavy atom. The van der Waals surface area contributed by atoms with E-state index in [1.165, 1.54) is 4.90 Å². The molecule has 0 saturated carbocycles. The Balaban J connectivity index is 1.51. The number of carbonyl (C=O) groups excluding carboxylic acids is 2. The SMILES string of the molecule is O=NCC1(F)CCN(C(=O)CNC(=O)c2ccc(-c3ncc(F)cn3)cc2)CC1. The zero-order chi connectivity index (χ0) is 20.9. The van der Waals surface area contributed by atoms with E-state index < -0.39 is 23.9 Å². The van der Waals surface area contributed by atoms with Crippen molar-refractivity contribution in [2.75, 3.05) is 26.2 Å². The van der Waals surface area contributed by atoms with E-state index in [9.17, 15) is 23.3 Å². The normalized spacial score (nSPS) is 15.6. The van der Waals surface area contributed by atoms with Gasteiger partial charge in [-0.3, -0.25) is 9.59 Å². The van der Waals surface area contributed by atoms with Crippen LogP contribution in [0.3, 0.4) is 0 Å². The molecule has 29 heavy (non-hydrogen) atoms. The number of hydrogen-bond acceptors (Lipinski definition) is 6. The van der Waals surface area contributed by atoms with Gasteiger partial charge in [-0.25, -0.2) is 18.7 Å². The highest BCUT2D eigenvalue weighted by atomic mass is 19.1. The van der Waals surface area contributed by atoms with Crippen molar-refractivity contribution in [3.8, 4) is 11.4 Å². The van der Waals surface area contributed by atoms with Crippen molar-refractivity contribution in [2.24, 2.45) is 5.18 Å². The van der Waals surface area contributed by atoms with E-state index in [1.807, 2.05) is 0 Å². The predicted molar refractivity (Wildman–Crippen MR) is 100 cm³/mol. The number of alkyl halides is 1. The highest BCUT2D eigenvalue weighted by Crippen LogP contribution is 2.26. The first-order valence-corrected chi connectivity index (χ1v) is 9.02. The van der Waals surface area contributed by atoms with Crippen molar-refractivity contribution in [1.29, 1.82) is 0 Å². The number of rotatable bonds is 6. The molecule has 1 aromatic heterocycles. The molecule has 2 aromatic rings. The van der Waals surface area contributed by atoms with Crippen LogP contribution in [0.1, 0.15) is 23.2 Å². The van der Waals surface area contributed by atoms with Crippen LogP contribution in [0, 0.1) is 10.7 Å². The molecule has 1 saturated heterocycles. The lowest BCUT2D eigenvalue weighted by Gasteiger charge is -2.35. The van der Waals surface area contributed by atoms with Crippen LogP contribution in [0.2, 0.25) is 0 Å². The summed E-state index contributed by atoms with van der Waals surface area (Å²) in [5.74, 6) is -0.976. The summed E-state index contributed by atoms with van der Waals surface area (Å²) in [5.41, 5.74) is -0.704. The Morgan fingerprint density at radius 2 is 1.76 bits per heavy atom. The maximum atomic E-state index is 14.2. The van der Waals surface area contributed by atoms with E-state index >= 15 is 0 Å². The van der Waals surface area contributed by atoms with E-state index in [-0.39, 0.29) is 38.4 Å². The third-order valence-electron chi connectivity index (χ3n) is 4.79. The second-order valence-electron chi connectivity index (χ2n) is 6.80. The Morgan fingerprint density at radius 1 is 1.14 bits per heavy atom. The molecule has 2 heterocycles. The minimum Gasteiger partial charge on any atom is -0.343 e. The summed E-state index contributed by atoms with van der Waals surface area (Å²) >= 11 is 0. The van der Waals surface area contributed by atoms with Gasteiger partial charge >= 0.3 is 0 Å². The predicted octanol–water partition coefficient (Wildman–Crippen LogP) is 2.11. The minimum atomic E-state index is -1.65. The summed E-state index contributed by atoms with van der Waals surface area (Å²) in [6, 6.07) is 6.34. The summed E-state index contributed by atoms with van der Waals surface area (Å²) < 4.78 is 27.1. The smallest absolute Gasteiger partial charge is 0.251 e. The quantitative estimate of drug-likeness (QED) is 0.744. The Labute approximate surface area is 165 Å². The maximum absolute atomic E-state index is 14.2. The van der Waals surface area contributed by atoms with Crippen molar-refractivity contribution in [1.82, 2.24) is 20.2 Å². The zero-order valence-electron chi connectivity index (χ0n) is 15.5. The number of benzene rings is 1. The maximum Gasteiger partial charge on any atom is 0.251 e. The number of piperidine rings is 1. The number of hydrogen-bond donors (Lipinski definition) is 1. The second kappa shape index (κ2) is 8.80. The van der Waals surface area contributed by atoms with Crippen molar-refractivity contribution < 1.29 is 18.4 Å². The molecule has 0 aliphatic carbocycles. The van der Waals surface area contributed by atoms with Crippen LogP contribution in [0.5, 0.6) is 0 Å². The molecule has 1 fully saturated rings. The number of amides is 2. The number of nitrogens with zero attached hydrogens (tertiary/aromatic N) is 4. The van der Waals surface area contributed by atoms with Gasteiger partial charge in [0.05, 0.1) is 18.9 Å². The number of nitroso groups, excluding NO2 is 1.